The van der Waals surface area contributed by atoms with E-state index in [0.717, 1.165) is 6.54 Å². The minimum atomic E-state index is -0.300. The molecule has 2 rings (SSSR count). The molecule has 1 aromatic heterocycles. The van der Waals surface area contributed by atoms with Crippen LogP contribution in [0.1, 0.15) is 30.1 Å². The van der Waals surface area contributed by atoms with Gasteiger partial charge in [0.2, 0.25) is 0 Å². The number of nitrogens with one attached hydrogen (secondary N) is 2. The van der Waals surface area contributed by atoms with Crippen molar-refractivity contribution in [2.75, 3.05) is 13.1 Å². The number of hydrogen-bond donors (Lipinski definition) is 2. The Balaban J connectivity index is 1.90. The Morgan fingerprint density at radius 3 is 2.75 bits per heavy atom. The Hall–Kier alpha value is -1.76. The van der Waals surface area contributed by atoms with Gasteiger partial charge in [-0.25, -0.2) is 0 Å². The lowest BCUT2D eigenvalue weighted by Gasteiger charge is -2.12. The summed E-state index contributed by atoms with van der Waals surface area (Å²) in [7, 11) is 0. The highest BCUT2D eigenvalue weighted by Crippen LogP contribution is 2.32. The number of benzene rings is 1. The molecule has 130 valence electrons. The average Bonchev–Trinajstić information content (AvgIpc) is 3.01. The van der Waals surface area contributed by atoms with E-state index in [1.807, 2.05) is 13.8 Å². The topological polar surface area (TPSA) is 76.4 Å². The molecule has 0 radical (unpaired) electrons. The van der Waals surface area contributed by atoms with Crippen molar-refractivity contribution >= 4 is 29.1 Å². The predicted octanol–water partition coefficient (Wildman–Crippen LogP) is 3.29. The summed E-state index contributed by atoms with van der Waals surface area (Å²) >= 11 is 12.0. The summed E-state index contributed by atoms with van der Waals surface area (Å²) < 4.78 is 10.6. The molecular formula is C16H19Cl2N3O3. The van der Waals surface area contributed by atoms with Crippen molar-refractivity contribution in [1.82, 2.24) is 15.8 Å². The largest absolute Gasteiger partial charge is 0.482 e. The quantitative estimate of drug-likeness (QED) is 0.744. The number of para-hydroxylation sites is 1. The molecule has 0 aliphatic rings. The number of rotatable bonds is 8. The van der Waals surface area contributed by atoms with E-state index in [2.05, 4.69) is 15.8 Å². The van der Waals surface area contributed by atoms with Crippen LogP contribution in [0, 0.1) is 0 Å². The van der Waals surface area contributed by atoms with Crippen molar-refractivity contribution in [1.29, 1.82) is 0 Å². The van der Waals surface area contributed by atoms with Crippen molar-refractivity contribution < 1.29 is 14.1 Å². The molecule has 0 bridgehead atoms. The van der Waals surface area contributed by atoms with Gasteiger partial charge in [-0.15, -0.1) is 0 Å². The van der Waals surface area contributed by atoms with Gasteiger partial charge in [-0.05, 0) is 25.6 Å². The summed E-state index contributed by atoms with van der Waals surface area (Å²) in [6.07, 6.45) is 0. The van der Waals surface area contributed by atoms with Crippen LogP contribution in [-0.4, -0.2) is 30.2 Å². The van der Waals surface area contributed by atoms with Gasteiger partial charge in [0.05, 0.1) is 10.0 Å². The van der Waals surface area contributed by atoms with E-state index < -0.39 is 0 Å². The van der Waals surface area contributed by atoms with Gasteiger partial charge in [-0.3, -0.25) is 4.79 Å². The second-order valence-electron chi connectivity index (χ2n) is 5.19. The zero-order valence-electron chi connectivity index (χ0n) is 13.4. The van der Waals surface area contributed by atoms with E-state index in [9.17, 15) is 4.79 Å². The number of carbonyl (C=O) groups is 1. The molecule has 0 aliphatic heterocycles. The molecule has 0 aliphatic carbocycles. The molecule has 6 nitrogen and oxygen atoms in total. The third-order valence-electron chi connectivity index (χ3n) is 3.19. The van der Waals surface area contributed by atoms with Crippen LogP contribution in [0.2, 0.25) is 10.0 Å². The summed E-state index contributed by atoms with van der Waals surface area (Å²) in [5.41, 5.74) is 0.197. The molecule has 0 fully saturated rings. The maximum absolute atomic E-state index is 12.0. The molecule has 1 heterocycles. The number of ether oxygens (including phenoxy) is 1. The lowest BCUT2D eigenvalue weighted by atomic mass is 10.3. The van der Waals surface area contributed by atoms with E-state index in [1.54, 1.807) is 18.2 Å². The van der Waals surface area contributed by atoms with E-state index >= 15 is 0 Å². The van der Waals surface area contributed by atoms with Crippen LogP contribution < -0.4 is 15.4 Å². The van der Waals surface area contributed by atoms with Crippen LogP contribution in [0.25, 0.3) is 0 Å². The Labute approximate surface area is 150 Å². The van der Waals surface area contributed by atoms with Gasteiger partial charge >= 0.3 is 0 Å². The molecule has 0 saturated heterocycles. The van der Waals surface area contributed by atoms with Crippen molar-refractivity contribution in [3.05, 3.63) is 45.8 Å². The Bertz CT molecular complexity index is 671. The molecule has 1 atom stereocenters. The number of carbonyl (C=O) groups excluding carboxylic acids is 1. The van der Waals surface area contributed by atoms with E-state index in [1.165, 1.54) is 6.07 Å². The first kappa shape index (κ1) is 18.6. The summed E-state index contributed by atoms with van der Waals surface area (Å²) in [6, 6.07) is 6.78. The fraction of sp³-hybridized carbons (Fsp3) is 0.375. The Kier molecular flexibility index (Phi) is 6.90. The number of halogens is 2. The molecule has 8 heteroatoms. The van der Waals surface area contributed by atoms with Crippen molar-refractivity contribution in [3.63, 3.8) is 0 Å². The molecule has 0 spiro atoms. The summed E-state index contributed by atoms with van der Waals surface area (Å²) in [5, 5.41) is 10.5. The van der Waals surface area contributed by atoms with Crippen LogP contribution in [0.5, 0.6) is 5.75 Å². The highest BCUT2D eigenvalue weighted by Gasteiger charge is 2.14. The van der Waals surface area contributed by atoms with Gasteiger partial charge in [-0.2, -0.15) is 0 Å². The number of amides is 1. The first-order chi connectivity index (χ1) is 11.5. The third kappa shape index (κ3) is 5.12. The maximum atomic E-state index is 12.0. The van der Waals surface area contributed by atoms with Crippen molar-refractivity contribution in [3.8, 4) is 5.75 Å². The fourth-order valence-corrected chi connectivity index (χ4v) is 2.52. The van der Waals surface area contributed by atoms with Gasteiger partial charge in [0.1, 0.15) is 6.61 Å². The van der Waals surface area contributed by atoms with Gasteiger partial charge in [0, 0.05) is 18.7 Å². The van der Waals surface area contributed by atoms with Crippen LogP contribution in [0.4, 0.5) is 0 Å². The zero-order chi connectivity index (χ0) is 17.5. The SMILES string of the molecule is CCN[C@H](C)CNC(=O)c1cc(COc2c(Cl)cccc2Cl)on1. The molecule has 24 heavy (non-hydrogen) atoms. The van der Waals surface area contributed by atoms with Gasteiger partial charge in [-0.1, -0.05) is 41.3 Å². The molecule has 2 N–H and O–H groups in total. The lowest BCUT2D eigenvalue weighted by molar-refractivity contribution is 0.0941. The van der Waals surface area contributed by atoms with Gasteiger partial charge in [0.25, 0.3) is 5.91 Å². The monoisotopic (exact) mass is 371 g/mol. The molecule has 1 amide bonds. The van der Waals surface area contributed by atoms with Crippen molar-refractivity contribution in [2.24, 2.45) is 0 Å². The third-order valence-corrected chi connectivity index (χ3v) is 3.79. The van der Waals surface area contributed by atoms with Crippen LogP contribution in [0.3, 0.4) is 0 Å². The number of nitrogens with zero attached hydrogens (tertiary/aromatic N) is 1. The highest BCUT2D eigenvalue weighted by atomic mass is 35.5. The molecule has 0 saturated carbocycles. The minimum absolute atomic E-state index is 0.0670. The van der Waals surface area contributed by atoms with Gasteiger partial charge in [0.15, 0.2) is 17.2 Å². The van der Waals surface area contributed by atoms with Crippen LogP contribution >= 0.6 is 23.2 Å². The Morgan fingerprint density at radius 2 is 2.08 bits per heavy atom. The van der Waals surface area contributed by atoms with Gasteiger partial charge < -0.3 is 19.9 Å². The standard InChI is InChI=1S/C16H19Cl2N3O3/c1-3-19-10(2)8-20-16(22)14-7-11(24-21-14)9-23-15-12(17)5-4-6-13(15)18/h4-7,10,19H,3,8-9H2,1-2H3,(H,20,22)/t10-/m1/s1. The van der Waals surface area contributed by atoms with E-state index in [-0.39, 0.29) is 24.2 Å². The highest BCUT2D eigenvalue weighted by molar-refractivity contribution is 6.37. The number of hydrogen-bond acceptors (Lipinski definition) is 5. The first-order valence-electron chi connectivity index (χ1n) is 7.55. The maximum Gasteiger partial charge on any atom is 0.273 e. The first-order valence-corrected chi connectivity index (χ1v) is 8.30. The summed E-state index contributed by atoms with van der Waals surface area (Å²) in [5.74, 6) is 0.462. The van der Waals surface area contributed by atoms with E-state index in [4.69, 9.17) is 32.5 Å². The molecule has 0 unspecified atom stereocenters. The zero-order valence-corrected chi connectivity index (χ0v) is 14.9. The second-order valence-corrected chi connectivity index (χ2v) is 6.00. The van der Waals surface area contributed by atoms with Crippen molar-refractivity contribution in [2.45, 2.75) is 26.5 Å². The van der Waals surface area contributed by atoms with Crippen LogP contribution in [-0.2, 0) is 6.61 Å². The summed E-state index contributed by atoms with van der Waals surface area (Å²) in [6.45, 7) is 5.40. The summed E-state index contributed by atoms with van der Waals surface area (Å²) in [4.78, 5) is 12.0. The number of likely N-dealkylation sites (N-methyl/N-ethyl adjacent to an activating group) is 1. The minimum Gasteiger partial charge on any atom is -0.482 e. The molecule has 2 aromatic rings. The predicted molar refractivity (Wildman–Crippen MR) is 92.8 cm³/mol. The lowest BCUT2D eigenvalue weighted by Crippen LogP contribution is -2.38. The fourth-order valence-electron chi connectivity index (χ4n) is 2.01. The molecular weight excluding hydrogens is 353 g/mol. The molecule has 1 aromatic carbocycles. The van der Waals surface area contributed by atoms with Crippen LogP contribution in [0.15, 0.2) is 28.8 Å². The smallest absolute Gasteiger partial charge is 0.273 e. The normalized spacial score (nSPS) is 12.0. The average molecular weight is 372 g/mol. The van der Waals surface area contributed by atoms with E-state index in [0.29, 0.717) is 28.1 Å². The number of aromatic nitrogens is 1. The Morgan fingerprint density at radius 1 is 1.38 bits per heavy atom. The second kappa shape index (κ2) is 8.92.